The van der Waals surface area contributed by atoms with Crippen molar-refractivity contribution in [2.24, 2.45) is 0 Å². The van der Waals surface area contributed by atoms with Crippen LogP contribution in [0.2, 0.25) is 0 Å². The van der Waals surface area contributed by atoms with Crippen molar-refractivity contribution >= 4 is 17.4 Å². The molecular formula is C19H16N4S. The zero-order valence-corrected chi connectivity index (χ0v) is 14.3. The van der Waals surface area contributed by atoms with Gasteiger partial charge >= 0.3 is 0 Å². The SMILES string of the molecule is Cc1nc(C)n2ncc(-c3ccc(Sc4ccccc4)cc3)c2n1. The fourth-order valence-electron chi connectivity index (χ4n) is 2.68. The molecule has 0 bridgehead atoms. The number of benzene rings is 2. The molecule has 0 aliphatic rings. The number of hydrogen-bond donors (Lipinski definition) is 0. The third-order valence-electron chi connectivity index (χ3n) is 3.79. The smallest absolute Gasteiger partial charge is 0.166 e. The molecule has 118 valence electrons. The van der Waals surface area contributed by atoms with Gasteiger partial charge in [0.15, 0.2) is 5.65 Å². The second-order valence-corrected chi connectivity index (χ2v) is 6.70. The maximum absolute atomic E-state index is 4.55. The summed E-state index contributed by atoms with van der Waals surface area (Å²) in [7, 11) is 0. The van der Waals surface area contributed by atoms with Crippen LogP contribution in [-0.2, 0) is 0 Å². The van der Waals surface area contributed by atoms with Gasteiger partial charge in [-0.15, -0.1) is 0 Å². The van der Waals surface area contributed by atoms with E-state index in [4.69, 9.17) is 0 Å². The highest BCUT2D eigenvalue weighted by Gasteiger charge is 2.11. The molecule has 5 heteroatoms. The van der Waals surface area contributed by atoms with Gasteiger partial charge in [0.25, 0.3) is 0 Å². The minimum atomic E-state index is 0.762. The Morgan fingerprint density at radius 1 is 0.833 bits per heavy atom. The van der Waals surface area contributed by atoms with Gasteiger partial charge < -0.3 is 0 Å². The minimum absolute atomic E-state index is 0.762. The van der Waals surface area contributed by atoms with Gasteiger partial charge in [-0.3, -0.25) is 0 Å². The molecule has 0 spiro atoms. The first-order chi connectivity index (χ1) is 11.7. The van der Waals surface area contributed by atoms with E-state index in [0.717, 1.165) is 28.4 Å². The van der Waals surface area contributed by atoms with Gasteiger partial charge in [0.2, 0.25) is 0 Å². The normalized spacial score (nSPS) is 11.1. The van der Waals surface area contributed by atoms with E-state index in [2.05, 4.69) is 63.6 Å². The van der Waals surface area contributed by atoms with Gasteiger partial charge in [0.1, 0.15) is 11.6 Å². The van der Waals surface area contributed by atoms with Crippen molar-refractivity contribution < 1.29 is 0 Å². The Morgan fingerprint density at radius 3 is 2.29 bits per heavy atom. The van der Waals surface area contributed by atoms with Gasteiger partial charge in [-0.2, -0.15) is 5.10 Å². The highest BCUT2D eigenvalue weighted by molar-refractivity contribution is 7.99. The number of rotatable bonds is 3. The van der Waals surface area contributed by atoms with Crippen molar-refractivity contribution in [1.82, 2.24) is 19.6 Å². The van der Waals surface area contributed by atoms with E-state index >= 15 is 0 Å². The van der Waals surface area contributed by atoms with E-state index in [1.807, 2.05) is 26.1 Å². The summed E-state index contributed by atoms with van der Waals surface area (Å²) in [5, 5.41) is 4.41. The lowest BCUT2D eigenvalue weighted by Crippen LogP contribution is -2.01. The zero-order chi connectivity index (χ0) is 16.5. The van der Waals surface area contributed by atoms with E-state index in [1.54, 1.807) is 16.3 Å². The first-order valence-electron chi connectivity index (χ1n) is 7.73. The van der Waals surface area contributed by atoms with E-state index in [0.29, 0.717) is 0 Å². The summed E-state index contributed by atoms with van der Waals surface area (Å²) in [4.78, 5) is 11.4. The average molecular weight is 332 g/mol. The van der Waals surface area contributed by atoms with Crippen molar-refractivity contribution in [3.8, 4) is 11.1 Å². The second kappa shape index (κ2) is 6.09. The second-order valence-electron chi connectivity index (χ2n) is 5.55. The van der Waals surface area contributed by atoms with Crippen molar-refractivity contribution in [2.45, 2.75) is 23.6 Å². The topological polar surface area (TPSA) is 43.1 Å². The Morgan fingerprint density at radius 2 is 1.54 bits per heavy atom. The first kappa shape index (κ1) is 14.9. The molecule has 0 aliphatic carbocycles. The monoisotopic (exact) mass is 332 g/mol. The standard InChI is InChI=1S/C19H16N4S/c1-13-21-14(2)23-19(22-13)18(12-20-23)15-8-10-17(11-9-15)24-16-6-4-3-5-7-16/h3-12H,1-2H3. The molecule has 0 unspecified atom stereocenters. The van der Waals surface area contributed by atoms with Gasteiger partial charge in [-0.05, 0) is 43.7 Å². The summed E-state index contributed by atoms with van der Waals surface area (Å²) >= 11 is 1.76. The van der Waals surface area contributed by atoms with Crippen LogP contribution in [-0.4, -0.2) is 19.6 Å². The van der Waals surface area contributed by atoms with Crippen LogP contribution in [0.3, 0.4) is 0 Å². The molecule has 2 aromatic heterocycles. The lowest BCUT2D eigenvalue weighted by molar-refractivity contribution is 0.818. The van der Waals surface area contributed by atoms with Crippen LogP contribution in [0.25, 0.3) is 16.8 Å². The molecule has 0 amide bonds. The van der Waals surface area contributed by atoms with Gasteiger partial charge in [0.05, 0.1) is 6.20 Å². The number of aryl methyl sites for hydroxylation is 2. The van der Waals surface area contributed by atoms with Crippen molar-refractivity contribution in [1.29, 1.82) is 0 Å². The molecule has 0 radical (unpaired) electrons. The summed E-state index contributed by atoms with van der Waals surface area (Å²) in [5.41, 5.74) is 2.99. The average Bonchev–Trinajstić information content (AvgIpc) is 3.01. The Labute approximate surface area is 144 Å². The molecule has 0 fully saturated rings. The van der Waals surface area contributed by atoms with Crippen molar-refractivity contribution in [3.63, 3.8) is 0 Å². The Hall–Kier alpha value is -2.66. The fourth-order valence-corrected chi connectivity index (χ4v) is 3.51. The molecule has 4 nitrogen and oxygen atoms in total. The van der Waals surface area contributed by atoms with Gasteiger partial charge in [0, 0.05) is 15.4 Å². The number of fused-ring (bicyclic) bond motifs is 1. The van der Waals surface area contributed by atoms with Crippen LogP contribution >= 0.6 is 11.8 Å². The summed E-state index contributed by atoms with van der Waals surface area (Å²) in [6.45, 7) is 3.85. The van der Waals surface area contributed by atoms with Crippen LogP contribution in [0.1, 0.15) is 11.6 Å². The van der Waals surface area contributed by atoms with Gasteiger partial charge in [-0.1, -0.05) is 42.1 Å². The molecule has 0 atom stereocenters. The molecule has 4 aromatic rings. The quantitative estimate of drug-likeness (QED) is 0.551. The van der Waals surface area contributed by atoms with Gasteiger partial charge in [-0.25, -0.2) is 14.5 Å². The third kappa shape index (κ3) is 2.78. The van der Waals surface area contributed by atoms with E-state index in [9.17, 15) is 0 Å². The number of aromatic nitrogens is 4. The highest BCUT2D eigenvalue weighted by atomic mass is 32.2. The molecule has 24 heavy (non-hydrogen) atoms. The van der Waals surface area contributed by atoms with E-state index < -0.39 is 0 Å². The molecule has 0 saturated heterocycles. The van der Waals surface area contributed by atoms with Crippen LogP contribution in [0.4, 0.5) is 0 Å². The van der Waals surface area contributed by atoms with Crippen molar-refractivity contribution in [3.05, 3.63) is 72.4 Å². The fraction of sp³-hybridized carbons (Fsp3) is 0.105. The maximum Gasteiger partial charge on any atom is 0.166 e. The largest absolute Gasteiger partial charge is 0.219 e. The predicted molar refractivity (Wildman–Crippen MR) is 96.3 cm³/mol. The molecule has 2 heterocycles. The van der Waals surface area contributed by atoms with E-state index in [-0.39, 0.29) is 0 Å². The molecule has 0 saturated carbocycles. The highest BCUT2D eigenvalue weighted by Crippen LogP contribution is 2.30. The Balaban J connectivity index is 1.68. The summed E-state index contributed by atoms with van der Waals surface area (Å²) in [6, 6.07) is 18.9. The molecule has 0 aliphatic heterocycles. The van der Waals surface area contributed by atoms with Crippen LogP contribution in [0.15, 0.2) is 70.6 Å². The third-order valence-corrected chi connectivity index (χ3v) is 4.80. The Bertz CT molecular complexity index is 991. The summed E-state index contributed by atoms with van der Waals surface area (Å²) in [6.07, 6.45) is 1.86. The van der Waals surface area contributed by atoms with Crippen molar-refractivity contribution in [2.75, 3.05) is 0 Å². The van der Waals surface area contributed by atoms with Crippen LogP contribution in [0.5, 0.6) is 0 Å². The first-order valence-corrected chi connectivity index (χ1v) is 8.55. The molecule has 2 aromatic carbocycles. The lowest BCUT2D eigenvalue weighted by Gasteiger charge is -2.04. The number of nitrogens with zero attached hydrogens (tertiary/aromatic N) is 4. The van der Waals surface area contributed by atoms with Crippen LogP contribution < -0.4 is 0 Å². The maximum atomic E-state index is 4.55. The van der Waals surface area contributed by atoms with E-state index in [1.165, 1.54) is 9.79 Å². The lowest BCUT2D eigenvalue weighted by atomic mass is 10.1. The Kier molecular flexibility index (Phi) is 3.78. The summed E-state index contributed by atoms with van der Waals surface area (Å²) in [5.74, 6) is 1.61. The molecular weight excluding hydrogens is 316 g/mol. The summed E-state index contributed by atoms with van der Waals surface area (Å²) < 4.78 is 1.79. The molecule has 4 rings (SSSR count). The predicted octanol–water partition coefficient (Wildman–Crippen LogP) is 4.56. The number of hydrogen-bond acceptors (Lipinski definition) is 4. The molecule has 0 N–H and O–H groups in total. The minimum Gasteiger partial charge on any atom is -0.219 e. The van der Waals surface area contributed by atoms with Crippen LogP contribution in [0, 0.1) is 13.8 Å². The zero-order valence-electron chi connectivity index (χ0n) is 13.5.